The number of fused-ring (bicyclic) bond motifs is 3. The summed E-state index contributed by atoms with van der Waals surface area (Å²) in [6.45, 7) is 1.10. The lowest BCUT2D eigenvalue weighted by atomic mass is 10.0. The van der Waals surface area contributed by atoms with Crippen molar-refractivity contribution in [1.82, 2.24) is 0 Å². The maximum atomic E-state index is 6.03. The van der Waals surface area contributed by atoms with Crippen molar-refractivity contribution >= 4 is 17.3 Å². The Bertz CT molecular complexity index is 393. The van der Waals surface area contributed by atoms with Gasteiger partial charge in [-0.15, -0.1) is 0 Å². The van der Waals surface area contributed by atoms with E-state index in [0.29, 0.717) is 12.2 Å². The largest absolute Gasteiger partial charge is 0.374 e. The number of anilines is 1. The zero-order valence-corrected chi connectivity index (χ0v) is 9.50. The van der Waals surface area contributed by atoms with E-state index < -0.39 is 0 Å². The molecule has 0 radical (unpaired) electrons. The van der Waals surface area contributed by atoms with Gasteiger partial charge in [-0.3, -0.25) is 0 Å². The Morgan fingerprint density at radius 2 is 2.33 bits per heavy atom. The first kappa shape index (κ1) is 9.49. The minimum absolute atomic E-state index is 0.293. The Hall–Kier alpha value is -0.730. The maximum absolute atomic E-state index is 6.03. The third kappa shape index (κ3) is 1.62. The van der Waals surface area contributed by atoms with Crippen LogP contribution in [0, 0.1) is 0 Å². The Kier molecular flexibility index (Phi) is 2.15. The van der Waals surface area contributed by atoms with Crippen molar-refractivity contribution in [2.24, 2.45) is 0 Å². The van der Waals surface area contributed by atoms with Gasteiger partial charge in [-0.2, -0.15) is 0 Å². The zero-order valence-electron chi connectivity index (χ0n) is 8.74. The van der Waals surface area contributed by atoms with Crippen molar-refractivity contribution in [1.29, 1.82) is 0 Å². The first-order chi connectivity index (χ1) is 7.25. The minimum Gasteiger partial charge on any atom is -0.374 e. The summed E-state index contributed by atoms with van der Waals surface area (Å²) in [6.07, 6.45) is 3.11. The molecule has 2 aliphatic heterocycles. The highest BCUT2D eigenvalue weighted by atomic mass is 35.5. The third-order valence-electron chi connectivity index (χ3n) is 3.27. The lowest BCUT2D eigenvalue weighted by Gasteiger charge is -2.23. The van der Waals surface area contributed by atoms with Gasteiger partial charge in [0.1, 0.15) is 6.10 Å². The number of hydrogen-bond donors (Lipinski definition) is 0. The Morgan fingerprint density at radius 1 is 1.47 bits per heavy atom. The summed E-state index contributed by atoms with van der Waals surface area (Å²) < 4.78 is 5.68. The highest BCUT2D eigenvalue weighted by Gasteiger charge is 2.42. The van der Waals surface area contributed by atoms with Crippen LogP contribution in [-0.2, 0) is 4.74 Å². The molecule has 3 rings (SSSR count). The molecule has 0 bridgehead atoms. The maximum Gasteiger partial charge on any atom is 0.111 e. The molecule has 0 aromatic heterocycles. The van der Waals surface area contributed by atoms with Crippen molar-refractivity contribution in [3.63, 3.8) is 0 Å². The minimum atomic E-state index is 0.293. The van der Waals surface area contributed by atoms with E-state index in [0.717, 1.165) is 11.6 Å². The normalized spacial score (nSPS) is 28.8. The van der Waals surface area contributed by atoms with Crippen LogP contribution >= 0.6 is 11.6 Å². The first-order valence-corrected chi connectivity index (χ1v) is 5.79. The van der Waals surface area contributed by atoms with Crippen LogP contribution in [0.1, 0.15) is 24.5 Å². The summed E-state index contributed by atoms with van der Waals surface area (Å²) in [7, 11) is 2.13. The average Bonchev–Trinajstić information content (AvgIpc) is 2.94. The Morgan fingerprint density at radius 3 is 3.20 bits per heavy atom. The van der Waals surface area contributed by atoms with E-state index in [1.165, 1.54) is 24.1 Å². The number of ether oxygens (including phenoxy) is 1. The van der Waals surface area contributed by atoms with E-state index in [1.54, 1.807) is 0 Å². The van der Waals surface area contributed by atoms with Gasteiger partial charge in [0, 0.05) is 29.9 Å². The molecule has 1 aromatic rings. The molecule has 2 aliphatic rings. The fraction of sp³-hybridized carbons (Fsp3) is 0.500. The molecule has 1 saturated heterocycles. The summed E-state index contributed by atoms with van der Waals surface area (Å²) in [5.41, 5.74) is 2.53. The molecule has 0 spiro atoms. The van der Waals surface area contributed by atoms with Crippen LogP contribution in [0.25, 0.3) is 0 Å². The summed E-state index contributed by atoms with van der Waals surface area (Å²) in [5, 5.41) is 0.803. The van der Waals surface area contributed by atoms with E-state index in [4.69, 9.17) is 16.3 Å². The van der Waals surface area contributed by atoms with Gasteiger partial charge >= 0.3 is 0 Å². The molecule has 1 aromatic carbocycles. The number of halogens is 1. The highest BCUT2D eigenvalue weighted by Crippen LogP contribution is 2.47. The molecule has 0 N–H and O–H groups in total. The molecule has 1 fully saturated rings. The number of benzene rings is 1. The van der Waals surface area contributed by atoms with E-state index >= 15 is 0 Å². The van der Waals surface area contributed by atoms with E-state index in [1.807, 2.05) is 12.1 Å². The predicted octanol–water partition coefficient (Wildman–Crippen LogP) is 3.01. The van der Waals surface area contributed by atoms with Crippen LogP contribution in [0.5, 0.6) is 0 Å². The third-order valence-corrected chi connectivity index (χ3v) is 3.51. The second kappa shape index (κ2) is 3.39. The van der Waals surface area contributed by atoms with Crippen molar-refractivity contribution < 1.29 is 4.74 Å². The summed E-state index contributed by atoms with van der Waals surface area (Å²) in [4.78, 5) is 2.30. The van der Waals surface area contributed by atoms with Gasteiger partial charge in [-0.05, 0) is 31.0 Å². The predicted molar refractivity (Wildman–Crippen MR) is 61.6 cm³/mol. The van der Waals surface area contributed by atoms with E-state index in [-0.39, 0.29) is 0 Å². The van der Waals surface area contributed by atoms with Gasteiger partial charge in [-0.1, -0.05) is 11.6 Å². The van der Waals surface area contributed by atoms with Crippen LogP contribution in [0.4, 0.5) is 5.69 Å². The van der Waals surface area contributed by atoms with Gasteiger partial charge < -0.3 is 9.64 Å². The highest BCUT2D eigenvalue weighted by molar-refractivity contribution is 6.30. The summed E-state index contributed by atoms with van der Waals surface area (Å²) in [5.74, 6) is 0. The van der Waals surface area contributed by atoms with Gasteiger partial charge in [0.25, 0.3) is 0 Å². The SMILES string of the molecule is CN1CCCC2OC2c2cc(Cl)ccc21. The van der Waals surface area contributed by atoms with Crippen molar-refractivity contribution in [2.45, 2.75) is 25.0 Å². The van der Waals surface area contributed by atoms with Gasteiger partial charge in [0.2, 0.25) is 0 Å². The van der Waals surface area contributed by atoms with Gasteiger partial charge in [0.05, 0.1) is 6.10 Å². The molecule has 2 heterocycles. The molecule has 80 valence electrons. The Balaban J connectivity index is 2.06. The summed E-state index contributed by atoms with van der Waals surface area (Å²) >= 11 is 6.03. The Labute approximate surface area is 94.8 Å². The molecule has 2 nitrogen and oxygen atoms in total. The number of hydrogen-bond acceptors (Lipinski definition) is 2. The number of nitrogens with zero attached hydrogens (tertiary/aromatic N) is 1. The first-order valence-electron chi connectivity index (χ1n) is 5.42. The molecule has 0 aliphatic carbocycles. The average molecular weight is 224 g/mol. The fourth-order valence-corrected chi connectivity index (χ4v) is 2.57. The van der Waals surface area contributed by atoms with Crippen molar-refractivity contribution in [3.05, 3.63) is 28.8 Å². The van der Waals surface area contributed by atoms with Crippen LogP contribution in [0.2, 0.25) is 5.02 Å². The molecule has 0 saturated carbocycles. The number of epoxide rings is 1. The van der Waals surface area contributed by atoms with Crippen LogP contribution in [-0.4, -0.2) is 19.7 Å². The number of rotatable bonds is 0. The molecule has 0 amide bonds. The second-order valence-corrected chi connectivity index (χ2v) is 4.80. The lowest BCUT2D eigenvalue weighted by molar-refractivity contribution is 0.365. The van der Waals surface area contributed by atoms with E-state index in [2.05, 4.69) is 18.0 Å². The molecular weight excluding hydrogens is 210 g/mol. The van der Waals surface area contributed by atoms with Crippen LogP contribution < -0.4 is 4.90 Å². The quantitative estimate of drug-likeness (QED) is 0.629. The van der Waals surface area contributed by atoms with Crippen molar-refractivity contribution in [2.75, 3.05) is 18.5 Å². The monoisotopic (exact) mass is 223 g/mol. The van der Waals surface area contributed by atoms with Crippen molar-refractivity contribution in [3.8, 4) is 0 Å². The summed E-state index contributed by atoms with van der Waals surface area (Å²) in [6, 6.07) is 6.10. The molecule has 2 unspecified atom stereocenters. The molecule has 3 heteroatoms. The zero-order chi connectivity index (χ0) is 10.4. The van der Waals surface area contributed by atoms with Crippen LogP contribution in [0.3, 0.4) is 0 Å². The van der Waals surface area contributed by atoms with Gasteiger partial charge in [-0.25, -0.2) is 0 Å². The standard InChI is InChI=1S/C12H14ClNO/c1-14-6-2-3-11-12(15-11)9-7-8(13)4-5-10(9)14/h4-5,7,11-12H,2-3,6H2,1H3. The lowest BCUT2D eigenvalue weighted by Crippen LogP contribution is -2.21. The molecular formula is C12H14ClNO. The topological polar surface area (TPSA) is 15.8 Å². The van der Waals surface area contributed by atoms with Crippen LogP contribution in [0.15, 0.2) is 18.2 Å². The smallest absolute Gasteiger partial charge is 0.111 e. The van der Waals surface area contributed by atoms with Gasteiger partial charge in [0.15, 0.2) is 0 Å². The van der Waals surface area contributed by atoms with E-state index in [9.17, 15) is 0 Å². The fourth-order valence-electron chi connectivity index (χ4n) is 2.39. The molecule has 15 heavy (non-hydrogen) atoms. The second-order valence-electron chi connectivity index (χ2n) is 4.36. The molecule has 2 atom stereocenters.